The number of nitrogens with two attached hydrogens (primary N) is 1. The third kappa shape index (κ3) is 2.71. The Bertz CT molecular complexity index is 281. The van der Waals surface area contributed by atoms with E-state index in [0.717, 1.165) is 11.4 Å². The first kappa shape index (κ1) is 10.6. The standard InChI is InChI=1S/C11H16ClN/c1-8(2)10-7-9(5-6-13)3-4-11(10)12/h3-4,7-8H,5-6,13H2,1-2H3. The number of hydrogen-bond donors (Lipinski definition) is 1. The van der Waals surface area contributed by atoms with Crippen LogP contribution in [0, 0.1) is 0 Å². The summed E-state index contributed by atoms with van der Waals surface area (Å²) in [5.74, 6) is 0.477. The highest BCUT2D eigenvalue weighted by Crippen LogP contribution is 2.25. The topological polar surface area (TPSA) is 26.0 Å². The number of benzene rings is 1. The van der Waals surface area contributed by atoms with E-state index in [1.54, 1.807) is 0 Å². The van der Waals surface area contributed by atoms with Crippen molar-refractivity contribution in [3.05, 3.63) is 34.3 Å². The summed E-state index contributed by atoms with van der Waals surface area (Å²) in [5, 5.41) is 0.857. The average Bonchev–Trinajstić information content (AvgIpc) is 2.08. The molecule has 0 saturated heterocycles. The van der Waals surface area contributed by atoms with Gasteiger partial charge in [-0.2, -0.15) is 0 Å². The van der Waals surface area contributed by atoms with E-state index >= 15 is 0 Å². The molecule has 0 bridgehead atoms. The molecule has 0 heterocycles. The second-order valence-corrected chi connectivity index (χ2v) is 3.96. The molecule has 0 spiro atoms. The third-order valence-electron chi connectivity index (χ3n) is 2.12. The highest BCUT2D eigenvalue weighted by atomic mass is 35.5. The molecule has 0 amide bonds. The Kier molecular flexibility index (Phi) is 3.76. The van der Waals surface area contributed by atoms with Gasteiger partial charge in [-0.15, -0.1) is 0 Å². The fourth-order valence-electron chi connectivity index (χ4n) is 1.36. The van der Waals surface area contributed by atoms with Crippen LogP contribution in [-0.4, -0.2) is 6.54 Å². The van der Waals surface area contributed by atoms with Crippen molar-refractivity contribution in [2.75, 3.05) is 6.54 Å². The molecule has 0 aliphatic rings. The quantitative estimate of drug-likeness (QED) is 0.792. The Morgan fingerprint density at radius 2 is 2.08 bits per heavy atom. The average molecular weight is 198 g/mol. The highest BCUT2D eigenvalue weighted by Gasteiger charge is 2.05. The lowest BCUT2D eigenvalue weighted by molar-refractivity contribution is 0.859. The van der Waals surface area contributed by atoms with Crippen molar-refractivity contribution in [1.82, 2.24) is 0 Å². The minimum atomic E-state index is 0.477. The SMILES string of the molecule is CC(C)c1cc(CCN)ccc1Cl. The van der Waals surface area contributed by atoms with Crippen molar-refractivity contribution in [2.24, 2.45) is 5.73 Å². The molecule has 1 rings (SSSR count). The van der Waals surface area contributed by atoms with E-state index in [9.17, 15) is 0 Å². The predicted octanol–water partition coefficient (Wildman–Crippen LogP) is 2.96. The molecule has 1 aromatic rings. The van der Waals surface area contributed by atoms with E-state index in [1.807, 2.05) is 12.1 Å². The van der Waals surface area contributed by atoms with Crippen LogP contribution in [0.3, 0.4) is 0 Å². The van der Waals surface area contributed by atoms with Crippen LogP contribution < -0.4 is 5.73 Å². The summed E-state index contributed by atoms with van der Waals surface area (Å²) in [6.45, 7) is 4.99. The Labute approximate surface area is 84.9 Å². The van der Waals surface area contributed by atoms with Crippen molar-refractivity contribution in [3.8, 4) is 0 Å². The minimum absolute atomic E-state index is 0.477. The molecule has 0 aromatic heterocycles. The van der Waals surface area contributed by atoms with E-state index in [-0.39, 0.29) is 0 Å². The van der Waals surface area contributed by atoms with Crippen molar-refractivity contribution < 1.29 is 0 Å². The number of halogens is 1. The largest absolute Gasteiger partial charge is 0.330 e. The lowest BCUT2D eigenvalue weighted by Gasteiger charge is -2.09. The second kappa shape index (κ2) is 4.64. The van der Waals surface area contributed by atoms with Crippen LogP contribution in [0.25, 0.3) is 0 Å². The Morgan fingerprint density at radius 3 is 2.62 bits per heavy atom. The smallest absolute Gasteiger partial charge is 0.0440 e. The molecular formula is C11H16ClN. The van der Waals surface area contributed by atoms with Gasteiger partial charge >= 0.3 is 0 Å². The zero-order valence-corrected chi connectivity index (χ0v) is 8.93. The predicted molar refractivity (Wildman–Crippen MR) is 58.3 cm³/mol. The van der Waals surface area contributed by atoms with E-state index in [0.29, 0.717) is 12.5 Å². The molecule has 1 nitrogen and oxygen atoms in total. The maximum absolute atomic E-state index is 6.06. The highest BCUT2D eigenvalue weighted by molar-refractivity contribution is 6.31. The lowest BCUT2D eigenvalue weighted by Crippen LogP contribution is -2.03. The first-order valence-corrected chi connectivity index (χ1v) is 5.01. The van der Waals surface area contributed by atoms with Crippen molar-refractivity contribution in [1.29, 1.82) is 0 Å². The Morgan fingerprint density at radius 1 is 1.38 bits per heavy atom. The summed E-state index contributed by atoms with van der Waals surface area (Å²) in [4.78, 5) is 0. The molecule has 72 valence electrons. The monoisotopic (exact) mass is 197 g/mol. The van der Waals surface area contributed by atoms with Crippen LogP contribution in [0.2, 0.25) is 5.02 Å². The molecule has 2 heteroatoms. The van der Waals surface area contributed by atoms with Crippen LogP contribution >= 0.6 is 11.6 Å². The van der Waals surface area contributed by atoms with Gasteiger partial charge in [-0.05, 0) is 36.1 Å². The zero-order chi connectivity index (χ0) is 9.84. The first-order valence-electron chi connectivity index (χ1n) is 4.63. The van der Waals surface area contributed by atoms with Crippen LogP contribution in [0.15, 0.2) is 18.2 Å². The van der Waals surface area contributed by atoms with Crippen molar-refractivity contribution in [3.63, 3.8) is 0 Å². The summed E-state index contributed by atoms with van der Waals surface area (Å²) in [7, 11) is 0. The molecule has 2 N–H and O–H groups in total. The molecule has 0 fully saturated rings. The van der Waals surface area contributed by atoms with Crippen LogP contribution in [0.1, 0.15) is 30.9 Å². The molecular weight excluding hydrogens is 182 g/mol. The third-order valence-corrected chi connectivity index (χ3v) is 2.46. The van der Waals surface area contributed by atoms with Gasteiger partial charge in [0.05, 0.1) is 0 Å². The van der Waals surface area contributed by atoms with Gasteiger partial charge in [0.15, 0.2) is 0 Å². The van der Waals surface area contributed by atoms with Crippen LogP contribution in [0.4, 0.5) is 0 Å². The van der Waals surface area contributed by atoms with Crippen LogP contribution in [-0.2, 0) is 6.42 Å². The van der Waals surface area contributed by atoms with Gasteiger partial charge in [-0.1, -0.05) is 37.6 Å². The van der Waals surface area contributed by atoms with Gasteiger partial charge in [0.2, 0.25) is 0 Å². The minimum Gasteiger partial charge on any atom is -0.330 e. The summed E-state index contributed by atoms with van der Waals surface area (Å²) in [6.07, 6.45) is 0.927. The number of hydrogen-bond acceptors (Lipinski definition) is 1. The van der Waals surface area contributed by atoms with Gasteiger partial charge in [0, 0.05) is 5.02 Å². The molecule has 0 aliphatic heterocycles. The first-order chi connectivity index (χ1) is 6.15. The van der Waals surface area contributed by atoms with E-state index < -0.39 is 0 Å². The summed E-state index contributed by atoms with van der Waals surface area (Å²) >= 11 is 6.06. The zero-order valence-electron chi connectivity index (χ0n) is 8.18. The molecule has 0 saturated carbocycles. The molecule has 0 aliphatic carbocycles. The molecule has 13 heavy (non-hydrogen) atoms. The Hall–Kier alpha value is -0.530. The van der Waals surface area contributed by atoms with Gasteiger partial charge in [0.1, 0.15) is 0 Å². The maximum Gasteiger partial charge on any atom is 0.0440 e. The maximum atomic E-state index is 6.06. The molecule has 0 atom stereocenters. The normalized spacial score (nSPS) is 10.8. The van der Waals surface area contributed by atoms with E-state index in [4.69, 9.17) is 17.3 Å². The van der Waals surface area contributed by atoms with E-state index in [1.165, 1.54) is 11.1 Å². The lowest BCUT2D eigenvalue weighted by atomic mass is 9.99. The van der Waals surface area contributed by atoms with E-state index in [2.05, 4.69) is 19.9 Å². The summed E-state index contributed by atoms with van der Waals surface area (Å²) < 4.78 is 0. The van der Waals surface area contributed by atoms with Crippen molar-refractivity contribution >= 4 is 11.6 Å². The summed E-state index contributed by atoms with van der Waals surface area (Å²) in [5.41, 5.74) is 7.98. The summed E-state index contributed by atoms with van der Waals surface area (Å²) in [6, 6.07) is 6.16. The fraction of sp³-hybridized carbons (Fsp3) is 0.455. The Balaban J connectivity index is 2.97. The van der Waals surface area contributed by atoms with Gasteiger partial charge in [-0.25, -0.2) is 0 Å². The van der Waals surface area contributed by atoms with Gasteiger partial charge in [-0.3, -0.25) is 0 Å². The van der Waals surface area contributed by atoms with Crippen LogP contribution in [0.5, 0.6) is 0 Å². The van der Waals surface area contributed by atoms with Gasteiger partial charge < -0.3 is 5.73 Å². The van der Waals surface area contributed by atoms with Gasteiger partial charge in [0.25, 0.3) is 0 Å². The van der Waals surface area contributed by atoms with Crippen molar-refractivity contribution in [2.45, 2.75) is 26.2 Å². The molecule has 1 aromatic carbocycles. The fourth-order valence-corrected chi connectivity index (χ4v) is 1.69. The second-order valence-electron chi connectivity index (χ2n) is 3.55. The molecule has 0 radical (unpaired) electrons. The molecule has 0 unspecified atom stereocenters. The number of rotatable bonds is 3.